The first-order chi connectivity index (χ1) is 8.74. The van der Waals surface area contributed by atoms with Crippen molar-refractivity contribution in [3.8, 4) is 0 Å². The Balaban J connectivity index is 1.78. The minimum Gasteiger partial charge on any atom is -0.367 e. The highest BCUT2D eigenvalue weighted by molar-refractivity contribution is 7.11. The average molecular weight is 260 g/mol. The molecule has 2 aromatic heterocycles. The van der Waals surface area contributed by atoms with E-state index in [4.69, 9.17) is 0 Å². The van der Waals surface area contributed by atoms with Gasteiger partial charge in [-0.05, 0) is 38.0 Å². The van der Waals surface area contributed by atoms with Crippen molar-refractivity contribution in [1.82, 2.24) is 9.88 Å². The summed E-state index contributed by atoms with van der Waals surface area (Å²) in [5.74, 6) is 0.143. The summed E-state index contributed by atoms with van der Waals surface area (Å²) in [4.78, 5) is 19.9. The Hall–Kier alpha value is -1.55. The summed E-state index contributed by atoms with van der Waals surface area (Å²) in [6, 6.07) is 6.53. The van der Waals surface area contributed by atoms with Gasteiger partial charge in [0, 0.05) is 28.2 Å². The number of aromatic nitrogens is 1. The minimum absolute atomic E-state index is 0.143. The van der Waals surface area contributed by atoms with Gasteiger partial charge in [-0.2, -0.15) is 0 Å². The second-order valence-electron chi connectivity index (χ2n) is 4.78. The molecule has 2 heterocycles. The van der Waals surface area contributed by atoms with Gasteiger partial charge in [-0.1, -0.05) is 0 Å². The molecule has 1 aliphatic carbocycles. The lowest BCUT2D eigenvalue weighted by Gasteiger charge is -2.21. The van der Waals surface area contributed by atoms with Gasteiger partial charge in [0.25, 0.3) is 5.91 Å². The molecule has 18 heavy (non-hydrogen) atoms. The zero-order valence-corrected chi connectivity index (χ0v) is 11.2. The first-order valence-corrected chi connectivity index (χ1v) is 7.05. The lowest BCUT2D eigenvalue weighted by Crippen LogP contribution is -2.32. The molecule has 4 heteroatoms. The van der Waals surface area contributed by atoms with Crippen LogP contribution in [-0.2, 0) is 6.54 Å². The summed E-state index contributed by atoms with van der Waals surface area (Å²) in [5, 5.41) is 0. The van der Waals surface area contributed by atoms with Crippen molar-refractivity contribution < 1.29 is 4.79 Å². The molecule has 2 aromatic rings. The summed E-state index contributed by atoms with van der Waals surface area (Å²) in [6.07, 6.45) is 5.85. The number of H-pyrrole nitrogens is 1. The van der Waals surface area contributed by atoms with Crippen LogP contribution in [0.4, 0.5) is 0 Å². The Labute approximate surface area is 110 Å². The van der Waals surface area contributed by atoms with E-state index in [1.165, 1.54) is 9.75 Å². The number of aromatic amines is 1. The van der Waals surface area contributed by atoms with Crippen LogP contribution in [0.1, 0.15) is 33.0 Å². The van der Waals surface area contributed by atoms with Crippen LogP contribution in [0.5, 0.6) is 0 Å². The summed E-state index contributed by atoms with van der Waals surface area (Å²) in [7, 11) is 0. The summed E-state index contributed by atoms with van der Waals surface area (Å²) in [6.45, 7) is 2.84. The molecule has 0 aromatic carbocycles. The highest BCUT2D eigenvalue weighted by Gasteiger charge is 2.33. The molecule has 3 rings (SSSR count). The smallest absolute Gasteiger partial charge is 0.255 e. The van der Waals surface area contributed by atoms with Crippen LogP contribution in [0.15, 0.2) is 30.6 Å². The van der Waals surface area contributed by atoms with Gasteiger partial charge >= 0.3 is 0 Å². The average Bonchev–Trinajstić information content (AvgIpc) is 2.89. The number of hydrogen-bond donors (Lipinski definition) is 1. The van der Waals surface area contributed by atoms with Crippen molar-refractivity contribution in [2.45, 2.75) is 32.4 Å². The molecule has 1 saturated carbocycles. The zero-order chi connectivity index (χ0) is 12.5. The largest absolute Gasteiger partial charge is 0.367 e. The summed E-state index contributed by atoms with van der Waals surface area (Å²) < 4.78 is 0. The van der Waals surface area contributed by atoms with Crippen molar-refractivity contribution in [1.29, 1.82) is 0 Å². The molecule has 0 atom stereocenters. The number of rotatable bonds is 4. The molecule has 0 saturated heterocycles. The quantitative estimate of drug-likeness (QED) is 0.900. The third-order valence-corrected chi connectivity index (χ3v) is 4.20. The minimum atomic E-state index is 0.143. The maximum absolute atomic E-state index is 12.4. The Morgan fingerprint density at radius 2 is 2.28 bits per heavy atom. The zero-order valence-electron chi connectivity index (χ0n) is 10.3. The van der Waals surface area contributed by atoms with Crippen LogP contribution >= 0.6 is 11.3 Å². The second-order valence-corrected chi connectivity index (χ2v) is 6.15. The normalized spacial score (nSPS) is 14.7. The molecule has 1 N–H and O–H groups in total. The number of hydrogen-bond acceptors (Lipinski definition) is 2. The van der Waals surface area contributed by atoms with Gasteiger partial charge in [0.15, 0.2) is 0 Å². The fourth-order valence-corrected chi connectivity index (χ4v) is 3.00. The molecule has 0 radical (unpaired) electrons. The maximum atomic E-state index is 12.4. The lowest BCUT2D eigenvalue weighted by atomic mass is 10.2. The fraction of sp³-hybridized carbons (Fsp3) is 0.357. The third-order valence-electron chi connectivity index (χ3n) is 3.22. The number of thiophene rings is 1. The fourth-order valence-electron chi connectivity index (χ4n) is 2.11. The Kier molecular flexibility index (Phi) is 2.96. The SMILES string of the molecule is Cc1ccc(CN(C(=O)c2cc[nH]c2)C2CC2)s1. The molecule has 0 bridgehead atoms. The number of nitrogens with one attached hydrogen (secondary N) is 1. The van der Waals surface area contributed by atoms with E-state index in [0.29, 0.717) is 6.04 Å². The molecule has 0 spiro atoms. The maximum Gasteiger partial charge on any atom is 0.255 e. The van der Waals surface area contributed by atoms with Gasteiger partial charge in [0.2, 0.25) is 0 Å². The van der Waals surface area contributed by atoms with E-state index in [1.54, 1.807) is 23.7 Å². The van der Waals surface area contributed by atoms with Crippen LogP contribution in [-0.4, -0.2) is 21.8 Å². The molecule has 3 nitrogen and oxygen atoms in total. The third kappa shape index (κ3) is 2.34. The number of amides is 1. The van der Waals surface area contributed by atoms with Gasteiger partial charge in [-0.15, -0.1) is 11.3 Å². The van der Waals surface area contributed by atoms with Crippen LogP contribution in [0, 0.1) is 6.92 Å². The van der Waals surface area contributed by atoms with Gasteiger partial charge in [-0.3, -0.25) is 4.79 Å². The van der Waals surface area contributed by atoms with E-state index < -0.39 is 0 Å². The Morgan fingerprint density at radius 1 is 1.44 bits per heavy atom. The van der Waals surface area contributed by atoms with Crippen LogP contribution in [0.25, 0.3) is 0 Å². The summed E-state index contributed by atoms with van der Waals surface area (Å²) in [5.41, 5.74) is 0.759. The molecule has 1 aliphatic rings. The highest BCUT2D eigenvalue weighted by Crippen LogP contribution is 2.31. The molecule has 1 fully saturated rings. The first-order valence-electron chi connectivity index (χ1n) is 6.23. The first kappa shape index (κ1) is 11.5. The number of carbonyl (C=O) groups excluding carboxylic acids is 1. The molecule has 0 unspecified atom stereocenters. The number of aryl methyl sites for hydroxylation is 1. The van der Waals surface area contributed by atoms with Crippen LogP contribution in [0.2, 0.25) is 0 Å². The molecular formula is C14H16N2OS. The van der Waals surface area contributed by atoms with Crippen molar-refractivity contribution in [3.63, 3.8) is 0 Å². The van der Waals surface area contributed by atoms with Gasteiger partial charge < -0.3 is 9.88 Å². The van der Waals surface area contributed by atoms with Gasteiger partial charge in [0.1, 0.15) is 0 Å². The van der Waals surface area contributed by atoms with E-state index >= 15 is 0 Å². The van der Waals surface area contributed by atoms with Crippen LogP contribution in [0.3, 0.4) is 0 Å². The predicted octanol–water partition coefficient (Wildman–Crippen LogP) is 3.19. The predicted molar refractivity (Wildman–Crippen MR) is 72.7 cm³/mol. The standard InChI is InChI=1S/C14H16N2OS/c1-10-2-5-13(18-10)9-16(12-3-4-12)14(17)11-6-7-15-8-11/h2,5-8,12,15H,3-4,9H2,1H3. The van der Waals surface area contributed by atoms with Crippen LogP contribution < -0.4 is 0 Å². The van der Waals surface area contributed by atoms with E-state index in [1.807, 2.05) is 11.0 Å². The van der Waals surface area contributed by atoms with E-state index in [-0.39, 0.29) is 5.91 Å². The molecular weight excluding hydrogens is 244 g/mol. The van der Waals surface area contributed by atoms with Crippen molar-refractivity contribution in [2.75, 3.05) is 0 Å². The molecule has 1 amide bonds. The lowest BCUT2D eigenvalue weighted by molar-refractivity contribution is 0.0732. The highest BCUT2D eigenvalue weighted by atomic mass is 32.1. The van der Waals surface area contributed by atoms with Crippen molar-refractivity contribution in [2.24, 2.45) is 0 Å². The van der Waals surface area contributed by atoms with E-state index in [2.05, 4.69) is 24.0 Å². The van der Waals surface area contributed by atoms with Gasteiger partial charge in [-0.25, -0.2) is 0 Å². The van der Waals surface area contributed by atoms with E-state index in [9.17, 15) is 4.79 Å². The summed E-state index contributed by atoms with van der Waals surface area (Å²) >= 11 is 1.77. The van der Waals surface area contributed by atoms with Gasteiger partial charge in [0.05, 0.1) is 12.1 Å². The number of nitrogens with zero attached hydrogens (tertiary/aromatic N) is 1. The van der Waals surface area contributed by atoms with E-state index in [0.717, 1.165) is 24.9 Å². The topological polar surface area (TPSA) is 36.1 Å². The molecule has 94 valence electrons. The Bertz CT molecular complexity index is 540. The van der Waals surface area contributed by atoms with Crippen molar-refractivity contribution >= 4 is 17.2 Å². The number of carbonyl (C=O) groups is 1. The van der Waals surface area contributed by atoms with Crippen molar-refractivity contribution in [3.05, 3.63) is 45.9 Å². The molecule has 0 aliphatic heterocycles. The monoisotopic (exact) mass is 260 g/mol. The Morgan fingerprint density at radius 3 is 2.83 bits per heavy atom. The second kappa shape index (κ2) is 4.61.